The van der Waals surface area contributed by atoms with E-state index >= 15 is 0 Å². The summed E-state index contributed by atoms with van der Waals surface area (Å²) in [5.41, 5.74) is 1.61. The summed E-state index contributed by atoms with van der Waals surface area (Å²) < 4.78 is 10.6. The van der Waals surface area contributed by atoms with E-state index in [9.17, 15) is 9.59 Å². The maximum Gasteiger partial charge on any atom is 0.341 e. The zero-order valence-corrected chi connectivity index (χ0v) is 16.4. The molecule has 0 fully saturated rings. The molecule has 0 unspecified atom stereocenters. The minimum atomic E-state index is -0.427. The molecule has 0 saturated heterocycles. The molecule has 1 amide bonds. The summed E-state index contributed by atoms with van der Waals surface area (Å²) in [5, 5.41) is 3.26. The number of amides is 1. The van der Waals surface area contributed by atoms with Crippen molar-refractivity contribution in [2.24, 2.45) is 0 Å². The lowest BCUT2D eigenvalue weighted by Gasteiger charge is -2.09. The molecule has 0 spiro atoms. The Balaban J connectivity index is 1.98. The Morgan fingerprint density at radius 1 is 1.15 bits per heavy atom. The average molecular weight is 375 g/mol. The molecule has 1 aromatic heterocycles. The molecule has 0 aliphatic rings. The van der Waals surface area contributed by atoms with Gasteiger partial charge >= 0.3 is 5.97 Å². The molecule has 26 heavy (non-hydrogen) atoms. The van der Waals surface area contributed by atoms with Crippen LogP contribution in [0.3, 0.4) is 0 Å². The largest absolute Gasteiger partial charge is 0.484 e. The fraction of sp³-hybridized carbons (Fsp3) is 0.400. The van der Waals surface area contributed by atoms with E-state index in [0.29, 0.717) is 28.8 Å². The molecule has 5 nitrogen and oxygen atoms in total. The molecule has 0 aliphatic heterocycles. The third-order valence-electron chi connectivity index (χ3n) is 3.80. The van der Waals surface area contributed by atoms with E-state index in [1.807, 2.05) is 31.2 Å². The van der Waals surface area contributed by atoms with E-state index in [-0.39, 0.29) is 12.5 Å². The quantitative estimate of drug-likeness (QED) is 0.683. The van der Waals surface area contributed by atoms with Crippen molar-refractivity contribution >= 4 is 28.2 Å². The zero-order valence-electron chi connectivity index (χ0n) is 15.6. The normalized spacial score (nSPS) is 10.7. The summed E-state index contributed by atoms with van der Waals surface area (Å²) in [7, 11) is 0. The summed E-state index contributed by atoms with van der Waals surface area (Å²) >= 11 is 1.38. The molecule has 1 aromatic carbocycles. The van der Waals surface area contributed by atoms with Crippen LogP contribution in [0.15, 0.2) is 30.3 Å². The van der Waals surface area contributed by atoms with Crippen LogP contribution in [0.5, 0.6) is 5.75 Å². The molecule has 140 valence electrons. The van der Waals surface area contributed by atoms with Gasteiger partial charge in [-0.25, -0.2) is 4.79 Å². The van der Waals surface area contributed by atoms with E-state index in [0.717, 1.165) is 11.3 Å². The van der Waals surface area contributed by atoms with E-state index in [2.05, 4.69) is 19.2 Å². The number of carbonyl (C=O) groups is 2. The van der Waals surface area contributed by atoms with Crippen molar-refractivity contribution in [1.82, 2.24) is 0 Å². The SMILES string of the molecule is CCOC(=O)c1cc(CC)sc1NC(=O)COc1ccc(C(C)C)cc1. The molecule has 0 radical (unpaired) electrons. The maximum atomic E-state index is 12.2. The molecule has 0 aliphatic carbocycles. The van der Waals surface area contributed by atoms with E-state index in [1.54, 1.807) is 13.0 Å². The van der Waals surface area contributed by atoms with Gasteiger partial charge in [0.2, 0.25) is 0 Å². The lowest BCUT2D eigenvalue weighted by atomic mass is 10.0. The smallest absolute Gasteiger partial charge is 0.341 e. The lowest BCUT2D eigenvalue weighted by molar-refractivity contribution is -0.118. The summed E-state index contributed by atoms with van der Waals surface area (Å²) in [5.74, 6) is 0.341. The predicted molar refractivity (Wildman–Crippen MR) is 104 cm³/mol. The Morgan fingerprint density at radius 3 is 2.42 bits per heavy atom. The second kappa shape index (κ2) is 9.38. The summed E-state index contributed by atoms with van der Waals surface area (Å²) in [6, 6.07) is 9.46. The Morgan fingerprint density at radius 2 is 1.85 bits per heavy atom. The number of benzene rings is 1. The first kappa shape index (κ1) is 20.0. The monoisotopic (exact) mass is 375 g/mol. The van der Waals surface area contributed by atoms with Crippen molar-refractivity contribution in [1.29, 1.82) is 0 Å². The van der Waals surface area contributed by atoms with Crippen molar-refractivity contribution in [2.75, 3.05) is 18.5 Å². The number of nitrogens with one attached hydrogen (secondary N) is 1. The molecule has 0 atom stereocenters. The topological polar surface area (TPSA) is 64.6 Å². The first-order chi connectivity index (χ1) is 12.4. The number of hydrogen-bond donors (Lipinski definition) is 1. The maximum absolute atomic E-state index is 12.2. The Hall–Kier alpha value is -2.34. The van der Waals surface area contributed by atoms with Crippen molar-refractivity contribution in [3.63, 3.8) is 0 Å². The van der Waals surface area contributed by atoms with Gasteiger partial charge in [-0.1, -0.05) is 32.9 Å². The fourth-order valence-electron chi connectivity index (χ4n) is 2.33. The molecular formula is C20H25NO4S. The number of hydrogen-bond acceptors (Lipinski definition) is 5. The standard InChI is InChI=1S/C20H25NO4S/c1-5-16-11-17(20(23)24-6-2)19(26-16)21-18(22)12-25-15-9-7-14(8-10-15)13(3)4/h7-11,13H,5-6,12H2,1-4H3,(H,21,22). The van der Waals surface area contributed by atoms with Gasteiger partial charge in [0.25, 0.3) is 5.91 Å². The molecule has 0 saturated carbocycles. The van der Waals surface area contributed by atoms with Gasteiger partial charge in [0.1, 0.15) is 10.8 Å². The first-order valence-electron chi connectivity index (χ1n) is 8.77. The van der Waals surface area contributed by atoms with Gasteiger partial charge < -0.3 is 14.8 Å². The van der Waals surface area contributed by atoms with Crippen molar-refractivity contribution in [3.8, 4) is 5.75 Å². The summed E-state index contributed by atoms with van der Waals surface area (Å²) in [6.07, 6.45) is 0.783. The minimum Gasteiger partial charge on any atom is -0.484 e. The highest BCUT2D eigenvalue weighted by Gasteiger charge is 2.18. The number of rotatable bonds is 8. The minimum absolute atomic E-state index is 0.122. The third kappa shape index (κ3) is 5.33. The van der Waals surface area contributed by atoms with Gasteiger partial charge in [-0.15, -0.1) is 11.3 Å². The van der Waals surface area contributed by atoms with Gasteiger partial charge in [0.05, 0.1) is 12.2 Å². The summed E-state index contributed by atoms with van der Waals surface area (Å²) in [4.78, 5) is 25.3. The number of anilines is 1. The predicted octanol–water partition coefficient (Wildman–Crippen LogP) is 4.63. The molecular weight excluding hydrogens is 350 g/mol. The molecule has 1 N–H and O–H groups in total. The third-order valence-corrected chi connectivity index (χ3v) is 4.99. The van der Waals surface area contributed by atoms with Crippen LogP contribution in [0.1, 0.15) is 54.4 Å². The molecule has 1 heterocycles. The van der Waals surface area contributed by atoms with Crippen LogP contribution in [0, 0.1) is 0 Å². The second-order valence-electron chi connectivity index (χ2n) is 6.09. The Kier molecular flexibility index (Phi) is 7.21. The van der Waals surface area contributed by atoms with Crippen LogP contribution in [-0.4, -0.2) is 25.1 Å². The second-order valence-corrected chi connectivity index (χ2v) is 7.23. The lowest BCUT2D eigenvalue weighted by Crippen LogP contribution is -2.21. The van der Waals surface area contributed by atoms with Crippen LogP contribution in [0.4, 0.5) is 5.00 Å². The van der Waals surface area contributed by atoms with Gasteiger partial charge in [0.15, 0.2) is 6.61 Å². The highest BCUT2D eigenvalue weighted by Crippen LogP contribution is 2.29. The van der Waals surface area contributed by atoms with Gasteiger partial charge in [-0.2, -0.15) is 0 Å². The number of aryl methyl sites for hydroxylation is 1. The van der Waals surface area contributed by atoms with Crippen LogP contribution in [0.25, 0.3) is 0 Å². The molecule has 0 bridgehead atoms. The van der Waals surface area contributed by atoms with Crippen LogP contribution in [-0.2, 0) is 16.0 Å². The zero-order chi connectivity index (χ0) is 19.1. The van der Waals surface area contributed by atoms with Crippen LogP contribution < -0.4 is 10.1 Å². The van der Waals surface area contributed by atoms with Crippen LogP contribution >= 0.6 is 11.3 Å². The highest BCUT2D eigenvalue weighted by atomic mass is 32.1. The number of thiophene rings is 1. The van der Waals surface area contributed by atoms with Crippen molar-refractivity contribution in [3.05, 3.63) is 46.3 Å². The van der Waals surface area contributed by atoms with Gasteiger partial charge in [-0.3, -0.25) is 4.79 Å². The molecule has 6 heteroatoms. The van der Waals surface area contributed by atoms with E-state index in [1.165, 1.54) is 16.9 Å². The van der Waals surface area contributed by atoms with Crippen LogP contribution in [0.2, 0.25) is 0 Å². The van der Waals surface area contributed by atoms with E-state index < -0.39 is 5.97 Å². The van der Waals surface area contributed by atoms with Crippen molar-refractivity contribution < 1.29 is 19.1 Å². The average Bonchev–Trinajstić information content (AvgIpc) is 3.03. The molecule has 2 rings (SSSR count). The van der Waals surface area contributed by atoms with Gasteiger partial charge in [0, 0.05) is 4.88 Å². The first-order valence-corrected chi connectivity index (χ1v) is 9.58. The fourth-order valence-corrected chi connectivity index (χ4v) is 3.33. The Labute approximate surface area is 158 Å². The summed E-state index contributed by atoms with van der Waals surface area (Å²) in [6.45, 7) is 8.16. The van der Waals surface area contributed by atoms with Crippen molar-refractivity contribution in [2.45, 2.75) is 40.0 Å². The highest BCUT2D eigenvalue weighted by molar-refractivity contribution is 7.16. The van der Waals surface area contributed by atoms with E-state index in [4.69, 9.17) is 9.47 Å². The number of carbonyl (C=O) groups excluding carboxylic acids is 2. The van der Waals surface area contributed by atoms with Gasteiger partial charge in [-0.05, 0) is 43.0 Å². The number of esters is 1. The number of ether oxygens (including phenoxy) is 2. The Bertz CT molecular complexity index is 750. The molecule has 2 aromatic rings.